The van der Waals surface area contributed by atoms with Crippen LogP contribution in [0.3, 0.4) is 0 Å². The number of rotatable bonds is 7. The predicted octanol–water partition coefficient (Wildman–Crippen LogP) is 2.58. The van der Waals surface area contributed by atoms with Crippen LogP contribution in [0.15, 0.2) is 35.6 Å². The van der Waals surface area contributed by atoms with Gasteiger partial charge in [0.25, 0.3) is 0 Å². The van der Waals surface area contributed by atoms with E-state index in [1.165, 1.54) is 7.11 Å². The number of guanidine groups is 1. The zero-order chi connectivity index (χ0) is 21.5. The lowest BCUT2D eigenvalue weighted by Gasteiger charge is -2.36. The number of piperazine rings is 1. The van der Waals surface area contributed by atoms with Crippen molar-refractivity contribution in [3.8, 4) is 5.75 Å². The van der Waals surface area contributed by atoms with E-state index in [4.69, 9.17) is 4.74 Å². The Morgan fingerprint density at radius 2 is 2.03 bits per heavy atom. The van der Waals surface area contributed by atoms with Crippen molar-refractivity contribution in [2.24, 2.45) is 10.9 Å². The molecule has 0 spiro atoms. The molecule has 1 aliphatic rings. The minimum Gasteiger partial charge on any atom is -0.494 e. The maximum Gasteiger partial charge on any atom is 0.194 e. The van der Waals surface area contributed by atoms with Gasteiger partial charge in [0.15, 0.2) is 17.5 Å². The number of ether oxygens (including phenoxy) is 1. The maximum absolute atomic E-state index is 13.9. The minimum atomic E-state index is -0.311. The van der Waals surface area contributed by atoms with Gasteiger partial charge in [-0.2, -0.15) is 0 Å². The monoisotopic (exact) mass is 416 g/mol. The molecule has 30 heavy (non-hydrogen) atoms. The van der Waals surface area contributed by atoms with Crippen LogP contribution in [0.1, 0.15) is 25.2 Å². The number of benzene rings is 1. The van der Waals surface area contributed by atoms with Crippen molar-refractivity contribution in [3.05, 3.63) is 47.8 Å². The molecule has 0 aliphatic carbocycles. The lowest BCUT2D eigenvalue weighted by atomic mass is 10.2. The zero-order valence-corrected chi connectivity index (χ0v) is 18.4. The molecule has 3 rings (SSSR count). The number of nitrogens with one attached hydrogen (secondary N) is 1. The van der Waals surface area contributed by atoms with Crippen LogP contribution in [-0.4, -0.2) is 65.6 Å². The average Bonchev–Trinajstić information content (AvgIpc) is 3.16. The SMILES string of the molecule is CN=C(NCc1nccn1CC(C)C)N1CCN(Cc2ccc(OC)c(F)c2)CC1. The van der Waals surface area contributed by atoms with Crippen LogP contribution in [0, 0.1) is 11.7 Å². The van der Waals surface area contributed by atoms with Gasteiger partial charge in [0.05, 0.1) is 13.7 Å². The minimum absolute atomic E-state index is 0.285. The van der Waals surface area contributed by atoms with Gasteiger partial charge in [-0.25, -0.2) is 9.37 Å². The summed E-state index contributed by atoms with van der Waals surface area (Å²) in [5.74, 6) is 2.46. The van der Waals surface area contributed by atoms with Crippen LogP contribution >= 0.6 is 0 Å². The summed E-state index contributed by atoms with van der Waals surface area (Å²) >= 11 is 0. The molecule has 0 radical (unpaired) electrons. The molecule has 8 heteroatoms. The van der Waals surface area contributed by atoms with Crippen molar-refractivity contribution < 1.29 is 9.13 Å². The van der Waals surface area contributed by atoms with E-state index in [-0.39, 0.29) is 11.6 Å². The van der Waals surface area contributed by atoms with Crippen LogP contribution in [0.4, 0.5) is 4.39 Å². The number of methoxy groups -OCH3 is 1. The molecule has 1 fully saturated rings. The first-order valence-electron chi connectivity index (χ1n) is 10.5. The second-order valence-corrected chi connectivity index (χ2v) is 8.02. The lowest BCUT2D eigenvalue weighted by Crippen LogP contribution is -2.52. The van der Waals surface area contributed by atoms with E-state index in [1.807, 2.05) is 25.5 Å². The number of aromatic nitrogens is 2. The Labute approximate surface area is 178 Å². The third-order valence-electron chi connectivity index (χ3n) is 5.27. The standard InChI is InChI=1S/C22H33FN6O/c1-17(2)15-29-8-7-25-21(29)14-26-22(24-3)28-11-9-27(10-12-28)16-18-5-6-20(30-4)19(23)13-18/h5-8,13,17H,9-12,14-16H2,1-4H3,(H,24,26). The maximum atomic E-state index is 13.9. The van der Waals surface area contributed by atoms with Gasteiger partial charge in [-0.1, -0.05) is 19.9 Å². The predicted molar refractivity (Wildman–Crippen MR) is 117 cm³/mol. The Kier molecular flexibility index (Phi) is 7.68. The van der Waals surface area contributed by atoms with Crippen molar-refractivity contribution in [1.82, 2.24) is 24.7 Å². The van der Waals surface area contributed by atoms with Crippen molar-refractivity contribution in [3.63, 3.8) is 0 Å². The highest BCUT2D eigenvalue weighted by atomic mass is 19.1. The molecule has 2 aromatic rings. The van der Waals surface area contributed by atoms with Crippen molar-refractivity contribution in [2.45, 2.75) is 33.5 Å². The van der Waals surface area contributed by atoms with E-state index in [0.717, 1.165) is 56.6 Å². The summed E-state index contributed by atoms with van der Waals surface area (Å²) < 4.78 is 21.1. The molecule has 0 unspecified atom stereocenters. The summed E-state index contributed by atoms with van der Waals surface area (Å²) in [6.07, 6.45) is 3.88. The highest BCUT2D eigenvalue weighted by Crippen LogP contribution is 2.19. The summed E-state index contributed by atoms with van der Waals surface area (Å²) in [7, 11) is 3.30. The summed E-state index contributed by atoms with van der Waals surface area (Å²) in [4.78, 5) is 13.5. The third kappa shape index (κ3) is 5.72. The van der Waals surface area contributed by atoms with Crippen LogP contribution in [-0.2, 0) is 19.6 Å². The lowest BCUT2D eigenvalue weighted by molar-refractivity contribution is 0.172. The van der Waals surface area contributed by atoms with Crippen LogP contribution in [0.2, 0.25) is 0 Å². The van der Waals surface area contributed by atoms with Gasteiger partial charge >= 0.3 is 0 Å². The normalized spacial score (nSPS) is 15.7. The van der Waals surface area contributed by atoms with Crippen molar-refractivity contribution in [2.75, 3.05) is 40.3 Å². The molecule has 0 bridgehead atoms. The van der Waals surface area contributed by atoms with Crippen molar-refractivity contribution in [1.29, 1.82) is 0 Å². The Balaban J connectivity index is 1.50. The summed E-state index contributed by atoms with van der Waals surface area (Å²) in [6.45, 7) is 10.3. The van der Waals surface area contributed by atoms with Crippen LogP contribution in [0.5, 0.6) is 5.75 Å². The molecular formula is C22H33FN6O. The Hall–Kier alpha value is -2.61. The molecule has 0 atom stereocenters. The van der Waals surface area contributed by atoms with Gasteiger partial charge in [-0.15, -0.1) is 0 Å². The second kappa shape index (κ2) is 10.4. The number of nitrogens with zero attached hydrogens (tertiary/aromatic N) is 5. The number of halogens is 1. The molecule has 0 saturated carbocycles. The Bertz CT molecular complexity index is 842. The molecule has 164 valence electrons. The topological polar surface area (TPSA) is 57.9 Å². The highest BCUT2D eigenvalue weighted by Gasteiger charge is 2.20. The van der Waals surface area contributed by atoms with E-state index in [9.17, 15) is 4.39 Å². The molecule has 1 aliphatic heterocycles. The number of hydrogen-bond donors (Lipinski definition) is 1. The van der Waals surface area contributed by atoms with E-state index >= 15 is 0 Å². The van der Waals surface area contributed by atoms with Gasteiger partial charge in [-0.3, -0.25) is 9.89 Å². The summed E-state index contributed by atoms with van der Waals surface area (Å²) in [6, 6.07) is 5.18. The smallest absolute Gasteiger partial charge is 0.194 e. The van der Waals surface area contributed by atoms with Gasteiger partial charge < -0.3 is 19.5 Å². The van der Waals surface area contributed by atoms with Gasteiger partial charge in [0, 0.05) is 58.7 Å². The fraction of sp³-hybridized carbons (Fsp3) is 0.545. The van der Waals surface area contributed by atoms with E-state index < -0.39 is 0 Å². The van der Waals surface area contributed by atoms with Gasteiger partial charge in [-0.05, 0) is 23.6 Å². The summed E-state index contributed by atoms with van der Waals surface area (Å²) in [5, 5.41) is 3.45. The quantitative estimate of drug-likeness (QED) is 0.555. The molecule has 7 nitrogen and oxygen atoms in total. The fourth-order valence-electron chi connectivity index (χ4n) is 3.74. The van der Waals surface area contributed by atoms with Gasteiger partial charge in [0.1, 0.15) is 5.82 Å². The first-order chi connectivity index (χ1) is 14.5. The van der Waals surface area contributed by atoms with E-state index in [1.54, 1.807) is 12.1 Å². The molecule has 1 aromatic heterocycles. The molecule has 1 N–H and O–H groups in total. The molecule has 1 aromatic carbocycles. The molecular weight excluding hydrogens is 383 g/mol. The fourth-order valence-corrected chi connectivity index (χ4v) is 3.74. The second-order valence-electron chi connectivity index (χ2n) is 8.02. The number of imidazole rings is 1. The zero-order valence-electron chi connectivity index (χ0n) is 18.4. The van der Waals surface area contributed by atoms with Crippen LogP contribution < -0.4 is 10.1 Å². The number of aliphatic imine (C=N–C) groups is 1. The molecule has 2 heterocycles. The Morgan fingerprint density at radius 3 is 2.67 bits per heavy atom. The highest BCUT2D eigenvalue weighted by molar-refractivity contribution is 5.79. The average molecular weight is 417 g/mol. The Morgan fingerprint density at radius 1 is 1.27 bits per heavy atom. The van der Waals surface area contributed by atoms with Gasteiger partial charge in [0.2, 0.25) is 0 Å². The summed E-state index contributed by atoms with van der Waals surface area (Å²) in [5.41, 5.74) is 0.959. The first kappa shape index (κ1) is 22.1. The largest absolute Gasteiger partial charge is 0.494 e. The first-order valence-corrected chi connectivity index (χ1v) is 10.5. The van der Waals surface area contributed by atoms with Crippen LogP contribution in [0.25, 0.3) is 0 Å². The molecule has 1 saturated heterocycles. The van der Waals surface area contributed by atoms with Crippen molar-refractivity contribution >= 4 is 5.96 Å². The third-order valence-corrected chi connectivity index (χ3v) is 5.27. The van der Waals surface area contributed by atoms with E-state index in [2.05, 4.69) is 43.5 Å². The van der Waals surface area contributed by atoms with E-state index in [0.29, 0.717) is 12.5 Å². The molecule has 0 amide bonds. The number of hydrogen-bond acceptors (Lipinski definition) is 4.